The molecule has 1 aromatic rings. The number of thioether (sulfide) groups is 1. The molecule has 0 aromatic heterocycles. The molecule has 1 aliphatic rings. The smallest absolute Gasteiger partial charge is 0.161 e. The average Bonchev–Trinajstić information content (AvgIpc) is 2.30. The van der Waals surface area contributed by atoms with Gasteiger partial charge in [-0.15, -0.1) is 0 Å². The van der Waals surface area contributed by atoms with Crippen LogP contribution in [0.2, 0.25) is 0 Å². The van der Waals surface area contributed by atoms with Gasteiger partial charge in [0, 0.05) is 15.4 Å². The van der Waals surface area contributed by atoms with Gasteiger partial charge in [0.25, 0.3) is 0 Å². The first-order valence-electron chi connectivity index (χ1n) is 6.38. The summed E-state index contributed by atoms with van der Waals surface area (Å²) in [6, 6.07) is 6.78. The maximum Gasteiger partial charge on any atom is 0.161 e. The SMILES string of the molecule is CCc1cc(Br)ccc1NC1=NC(C)CC(C)S1. The first-order chi connectivity index (χ1) is 8.58. The molecule has 0 fully saturated rings. The number of halogens is 1. The number of hydrogen-bond donors (Lipinski definition) is 1. The Bertz CT molecular complexity index is 459. The number of anilines is 1. The van der Waals surface area contributed by atoms with Gasteiger partial charge in [0.15, 0.2) is 5.17 Å². The second-order valence-electron chi connectivity index (χ2n) is 4.73. The van der Waals surface area contributed by atoms with Crippen LogP contribution in [-0.2, 0) is 6.42 Å². The Morgan fingerprint density at radius 2 is 2.22 bits per heavy atom. The van der Waals surface area contributed by atoms with E-state index < -0.39 is 0 Å². The Morgan fingerprint density at radius 1 is 1.44 bits per heavy atom. The molecule has 0 amide bonds. The Morgan fingerprint density at radius 3 is 2.89 bits per heavy atom. The summed E-state index contributed by atoms with van der Waals surface area (Å²) in [7, 11) is 0. The molecular formula is C14H19BrN2S. The average molecular weight is 327 g/mol. The first kappa shape index (κ1) is 13.9. The quantitative estimate of drug-likeness (QED) is 0.852. The minimum Gasteiger partial charge on any atom is -0.335 e. The van der Waals surface area contributed by atoms with Crippen LogP contribution in [0.3, 0.4) is 0 Å². The molecule has 1 aromatic carbocycles. The zero-order valence-electron chi connectivity index (χ0n) is 11.0. The summed E-state index contributed by atoms with van der Waals surface area (Å²) in [6.45, 7) is 6.62. The van der Waals surface area contributed by atoms with Crippen molar-refractivity contribution in [2.24, 2.45) is 4.99 Å². The van der Waals surface area contributed by atoms with Gasteiger partial charge < -0.3 is 5.32 Å². The van der Waals surface area contributed by atoms with Gasteiger partial charge >= 0.3 is 0 Å². The van der Waals surface area contributed by atoms with Crippen molar-refractivity contribution in [3.05, 3.63) is 28.2 Å². The van der Waals surface area contributed by atoms with Gasteiger partial charge in [-0.05, 0) is 43.5 Å². The fraction of sp³-hybridized carbons (Fsp3) is 0.500. The van der Waals surface area contributed by atoms with E-state index in [0.717, 1.165) is 22.5 Å². The molecule has 98 valence electrons. The highest BCUT2D eigenvalue weighted by atomic mass is 79.9. The summed E-state index contributed by atoms with van der Waals surface area (Å²) < 4.78 is 1.13. The molecule has 1 N–H and O–H groups in total. The lowest BCUT2D eigenvalue weighted by atomic mass is 10.1. The van der Waals surface area contributed by atoms with Crippen molar-refractivity contribution in [1.29, 1.82) is 0 Å². The molecule has 0 radical (unpaired) electrons. The van der Waals surface area contributed by atoms with Crippen molar-refractivity contribution in [3.8, 4) is 0 Å². The molecule has 0 aliphatic carbocycles. The number of nitrogens with zero attached hydrogens (tertiary/aromatic N) is 1. The van der Waals surface area contributed by atoms with Crippen LogP contribution in [0.1, 0.15) is 32.8 Å². The van der Waals surface area contributed by atoms with Gasteiger partial charge in [-0.1, -0.05) is 41.5 Å². The molecule has 0 spiro atoms. The summed E-state index contributed by atoms with van der Waals surface area (Å²) in [5.41, 5.74) is 2.49. The van der Waals surface area contributed by atoms with E-state index in [9.17, 15) is 0 Å². The Balaban J connectivity index is 2.18. The summed E-state index contributed by atoms with van der Waals surface area (Å²) in [5.74, 6) is 0. The van der Waals surface area contributed by atoms with Gasteiger partial charge in [0.1, 0.15) is 0 Å². The minimum atomic E-state index is 0.421. The van der Waals surface area contributed by atoms with Crippen LogP contribution < -0.4 is 5.32 Å². The summed E-state index contributed by atoms with van der Waals surface area (Å²) in [5, 5.41) is 5.17. The zero-order valence-corrected chi connectivity index (χ0v) is 13.4. The molecule has 2 nitrogen and oxygen atoms in total. The number of aliphatic imine (C=N–C) groups is 1. The van der Waals surface area contributed by atoms with E-state index in [1.165, 1.54) is 11.3 Å². The summed E-state index contributed by atoms with van der Waals surface area (Å²) >= 11 is 5.35. The first-order valence-corrected chi connectivity index (χ1v) is 8.05. The number of amidine groups is 1. The number of benzene rings is 1. The van der Waals surface area contributed by atoms with Crippen molar-refractivity contribution < 1.29 is 0 Å². The predicted octanol–water partition coefficient (Wildman–Crippen LogP) is 4.69. The Kier molecular flexibility index (Phi) is 4.73. The molecule has 4 heteroatoms. The molecule has 2 rings (SSSR count). The van der Waals surface area contributed by atoms with E-state index in [1.54, 1.807) is 0 Å². The Labute approximate surface area is 122 Å². The second kappa shape index (κ2) is 6.11. The van der Waals surface area contributed by atoms with Crippen LogP contribution >= 0.6 is 27.7 Å². The molecule has 2 unspecified atom stereocenters. The molecule has 0 saturated heterocycles. The van der Waals surface area contributed by atoms with Gasteiger partial charge in [0.2, 0.25) is 0 Å². The van der Waals surface area contributed by atoms with E-state index in [2.05, 4.69) is 65.2 Å². The lowest BCUT2D eigenvalue weighted by molar-refractivity contribution is 0.661. The van der Waals surface area contributed by atoms with Crippen LogP contribution in [0.15, 0.2) is 27.7 Å². The van der Waals surface area contributed by atoms with Crippen LogP contribution in [0, 0.1) is 0 Å². The third-order valence-electron chi connectivity index (χ3n) is 3.01. The summed E-state index contributed by atoms with van der Waals surface area (Å²) in [6.07, 6.45) is 2.18. The monoisotopic (exact) mass is 326 g/mol. The molecule has 1 aliphatic heterocycles. The van der Waals surface area contributed by atoms with Crippen molar-refractivity contribution >= 4 is 38.5 Å². The van der Waals surface area contributed by atoms with Crippen molar-refractivity contribution in [2.75, 3.05) is 5.32 Å². The fourth-order valence-corrected chi connectivity index (χ4v) is 3.73. The molecule has 18 heavy (non-hydrogen) atoms. The predicted molar refractivity (Wildman–Crippen MR) is 85.7 cm³/mol. The lowest BCUT2D eigenvalue weighted by Gasteiger charge is -2.23. The largest absolute Gasteiger partial charge is 0.335 e. The molecule has 0 saturated carbocycles. The Hall–Kier alpha value is -0.480. The topological polar surface area (TPSA) is 24.4 Å². The van der Waals surface area contributed by atoms with E-state index >= 15 is 0 Å². The molecular weight excluding hydrogens is 308 g/mol. The van der Waals surface area contributed by atoms with Crippen LogP contribution in [-0.4, -0.2) is 16.5 Å². The van der Waals surface area contributed by atoms with Crippen molar-refractivity contribution in [3.63, 3.8) is 0 Å². The van der Waals surface area contributed by atoms with Crippen molar-refractivity contribution in [2.45, 2.75) is 44.9 Å². The van der Waals surface area contributed by atoms with Crippen LogP contribution in [0.5, 0.6) is 0 Å². The van der Waals surface area contributed by atoms with E-state index in [4.69, 9.17) is 0 Å². The number of hydrogen-bond acceptors (Lipinski definition) is 3. The molecule has 2 atom stereocenters. The number of nitrogens with one attached hydrogen (secondary N) is 1. The highest BCUT2D eigenvalue weighted by molar-refractivity contribution is 9.10. The summed E-state index contributed by atoms with van der Waals surface area (Å²) in [4.78, 5) is 4.68. The van der Waals surface area contributed by atoms with Crippen LogP contribution in [0.4, 0.5) is 5.69 Å². The maximum absolute atomic E-state index is 4.68. The highest BCUT2D eigenvalue weighted by Crippen LogP contribution is 2.28. The molecule has 1 heterocycles. The van der Waals surface area contributed by atoms with Gasteiger partial charge in [-0.2, -0.15) is 0 Å². The normalized spacial score (nSPS) is 23.7. The highest BCUT2D eigenvalue weighted by Gasteiger charge is 2.18. The van der Waals surface area contributed by atoms with Gasteiger partial charge in [0.05, 0.1) is 6.04 Å². The number of aryl methyl sites for hydroxylation is 1. The fourth-order valence-electron chi connectivity index (χ4n) is 2.16. The van der Waals surface area contributed by atoms with E-state index in [0.29, 0.717) is 11.3 Å². The van der Waals surface area contributed by atoms with Gasteiger partial charge in [-0.25, -0.2) is 0 Å². The number of rotatable bonds is 2. The third-order valence-corrected chi connectivity index (χ3v) is 4.53. The molecule has 0 bridgehead atoms. The minimum absolute atomic E-state index is 0.421. The maximum atomic E-state index is 4.68. The van der Waals surface area contributed by atoms with Gasteiger partial charge in [-0.3, -0.25) is 4.99 Å². The standard InChI is InChI=1S/C14H19BrN2S/c1-4-11-8-12(15)5-6-13(11)17-14-16-9(2)7-10(3)18-14/h5-6,8-10H,4,7H2,1-3H3,(H,16,17). The zero-order chi connectivity index (χ0) is 13.1. The van der Waals surface area contributed by atoms with Crippen molar-refractivity contribution in [1.82, 2.24) is 0 Å². The van der Waals surface area contributed by atoms with E-state index in [1.807, 2.05) is 11.8 Å². The lowest BCUT2D eigenvalue weighted by Crippen LogP contribution is -2.23. The van der Waals surface area contributed by atoms with E-state index in [-0.39, 0.29) is 0 Å². The van der Waals surface area contributed by atoms with Crippen LogP contribution in [0.25, 0.3) is 0 Å². The third kappa shape index (κ3) is 3.51. The second-order valence-corrected chi connectivity index (χ2v) is 7.07.